The first-order valence-corrected chi connectivity index (χ1v) is 22.9. The molecule has 284 valence electrons. The predicted molar refractivity (Wildman–Crippen MR) is 207 cm³/mol. The number of carbonyl (C=O) groups is 1. The number of likely N-dealkylation sites (tertiary alicyclic amines) is 3. The van der Waals surface area contributed by atoms with E-state index < -0.39 is 12.5 Å². The number of aliphatic hydroxyl groups is 2. The number of nitrogens with zero attached hydrogens (tertiary/aromatic N) is 3. The summed E-state index contributed by atoms with van der Waals surface area (Å²) in [5.41, 5.74) is 4.82. The molecule has 2 N–H and O–H groups in total. The Hall–Kier alpha value is -0.730. The first-order valence-electron chi connectivity index (χ1n) is 22.0. The third-order valence-electron chi connectivity index (χ3n) is 17.5. The molecule has 0 spiro atoms. The maximum absolute atomic E-state index is 15.1. The Bertz CT molecular complexity index is 1400. The van der Waals surface area contributed by atoms with E-state index in [1.807, 2.05) is 0 Å². The molecule has 0 bridgehead atoms. The molecular formula is C44H68BrN3O3. The largest absolute Gasteiger partial charge is 0.378 e. The Balaban J connectivity index is 1.19. The zero-order chi connectivity index (χ0) is 35.5. The zero-order valence-electron chi connectivity index (χ0n) is 32.3. The summed E-state index contributed by atoms with van der Waals surface area (Å²) in [5, 5.41) is 24.3. The third-order valence-corrected chi connectivity index (χ3v) is 18.3. The fourth-order valence-corrected chi connectivity index (χ4v) is 16.2. The van der Waals surface area contributed by atoms with Crippen LogP contribution in [-0.4, -0.2) is 85.4 Å². The normalized spacial score (nSPS) is 48.0. The van der Waals surface area contributed by atoms with Gasteiger partial charge in [-0.2, -0.15) is 0 Å². The van der Waals surface area contributed by atoms with Crippen LogP contribution in [-0.2, 0) is 4.79 Å². The van der Waals surface area contributed by atoms with E-state index in [9.17, 15) is 10.2 Å². The first kappa shape index (κ1) is 35.9. The van der Waals surface area contributed by atoms with Crippen LogP contribution in [0.4, 0.5) is 0 Å². The molecule has 0 aromatic rings. The molecule has 51 heavy (non-hydrogen) atoms. The number of alkyl halides is 1. The van der Waals surface area contributed by atoms with Gasteiger partial charge in [0.05, 0.1) is 0 Å². The lowest BCUT2D eigenvalue weighted by Crippen LogP contribution is -2.71. The average molecular weight is 767 g/mol. The molecule has 7 heteroatoms. The van der Waals surface area contributed by atoms with Crippen molar-refractivity contribution in [3.63, 3.8) is 0 Å². The topological polar surface area (TPSA) is 67.2 Å². The van der Waals surface area contributed by atoms with Gasteiger partial charge in [-0.3, -0.25) is 9.69 Å². The number of piperidine rings is 3. The van der Waals surface area contributed by atoms with Gasteiger partial charge in [0.25, 0.3) is 0 Å². The van der Waals surface area contributed by atoms with Gasteiger partial charge in [0.15, 0.2) is 0 Å². The van der Waals surface area contributed by atoms with Gasteiger partial charge >= 0.3 is 0 Å². The molecule has 0 aromatic carbocycles. The van der Waals surface area contributed by atoms with Gasteiger partial charge in [-0.05, 0) is 148 Å². The van der Waals surface area contributed by atoms with E-state index in [1.54, 1.807) is 16.7 Å². The van der Waals surface area contributed by atoms with E-state index in [-0.39, 0.29) is 34.5 Å². The number of hydrogen-bond donors (Lipinski definition) is 2. The number of halogens is 1. The lowest BCUT2D eigenvalue weighted by molar-refractivity contribution is -0.222. The molecule has 3 aliphatic heterocycles. The smallest absolute Gasteiger partial charge is 0.226 e. The van der Waals surface area contributed by atoms with Gasteiger partial charge in [-0.15, -0.1) is 0 Å². The molecule has 14 unspecified atom stereocenters. The summed E-state index contributed by atoms with van der Waals surface area (Å²) >= 11 is 4.35. The second-order valence-electron chi connectivity index (χ2n) is 19.0. The summed E-state index contributed by atoms with van der Waals surface area (Å²) in [6.45, 7) is 14.0. The molecular weight excluding hydrogens is 698 g/mol. The minimum absolute atomic E-state index is 0.137. The third kappa shape index (κ3) is 5.15. The molecule has 0 aromatic heterocycles. The lowest BCUT2D eigenvalue weighted by Gasteiger charge is -2.68. The van der Waals surface area contributed by atoms with Crippen molar-refractivity contribution in [2.45, 2.75) is 166 Å². The highest BCUT2D eigenvalue weighted by Crippen LogP contribution is 2.69. The van der Waals surface area contributed by atoms with Crippen LogP contribution in [0.15, 0.2) is 22.8 Å². The SMILES string of the molecule is CCC(CC)N1C(=O)C2CCC3C4=C5C(=CCC6C5C(CC4Br)C(O)N(C(CC)CC)C6O)C4C3[C@@H]2C(CC4N2CCCCC2)C1C1CC[C@H]1C. The second kappa shape index (κ2) is 13.8. The number of fused-ring (bicyclic) bond motifs is 2. The number of rotatable bonds is 8. The highest BCUT2D eigenvalue weighted by molar-refractivity contribution is 9.09. The van der Waals surface area contributed by atoms with Crippen molar-refractivity contribution < 1.29 is 15.0 Å². The van der Waals surface area contributed by atoms with Crippen LogP contribution in [0.5, 0.6) is 0 Å². The van der Waals surface area contributed by atoms with E-state index >= 15 is 4.79 Å². The van der Waals surface area contributed by atoms with Crippen LogP contribution >= 0.6 is 15.9 Å². The Morgan fingerprint density at radius 1 is 0.784 bits per heavy atom. The van der Waals surface area contributed by atoms with Crippen LogP contribution < -0.4 is 0 Å². The van der Waals surface area contributed by atoms with Crippen molar-refractivity contribution in [1.29, 1.82) is 0 Å². The number of allylic oxidation sites excluding steroid dienone is 3. The molecule has 3 saturated carbocycles. The van der Waals surface area contributed by atoms with E-state index in [4.69, 9.17) is 0 Å². The van der Waals surface area contributed by atoms with E-state index in [2.05, 4.69) is 71.3 Å². The monoisotopic (exact) mass is 765 g/mol. The van der Waals surface area contributed by atoms with Gasteiger partial charge < -0.3 is 15.1 Å². The van der Waals surface area contributed by atoms with Gasteiger partial charge in [0, 0.05) is 52.7 Å². The maximum Gasteiger partial charge on any atom is 0.226 e. The van der Waals surface area contributed by atoms with Crippen molar-refractivity contribution in [3.05, 3.63) is 22.8 Å². The summed E-state index contributed by atoms with van der Waals surface area (Å²) in [7, 11) is 0. The Morgan fingerprint density at radius 3 is 2.12 bits per heavy atom. The number of carbonyl (C=O) groups excluding carboxylic acids is 1. The van der Waals surface area contributed by atoms with E-state index in [0.29, 0.717) is 65.5 Å². The molecule has 6 nitrogen and oxygen atoms in total. The Kier molecular flexibility index (Phi) is 9.71. The lowest BCUT2D eigenvalue weighted by atomic mass is 9.41. The Morgan fingerprint density at radius 2 is 1.47 bits per heavy atom. The van der Waals surface area contributed by atoms with Crippen molar-refractivity contribution in [3.8, 4) is 0 Å². The number of aliphatic hydroxyl groups excluding tert-OH is 2. The summed E-state index contributed by atoms with van der Waals surface area (Å²) in [5.74, 6) is 5.12. The fourth-order valence-electron chi connectivity index (χ4n) is 15.2. The fraction of sp³-hybridized carbons (Fsp3) is 0.886. The van der Waals surface area contributed by atoms with Crippen molar-refractivity contribution >= 4 is 21.8 Å². The number of amides is 1. The van der Waals surface area contributed by atoms with E-state index in [0.717, 1.165) is 51.4 Å². The van der Waals surface area contributed by atoms with Crippen molar-refractivity contribution in [1.82, 2.24) is 14.7 Å². The van der Waals surface area contributed by atoms with Crippen LogP contribution in [0.1, 0.15) is 125 Å². The summed E-state index contributed by atoms with van der Waals surface area (Å²) in [4.78, 5) is 23.0. The van der Waals surface area contributed by atoms with Gasteiger partial charge in [-0.25, -0.2) is 4.90 Å². The van der Waals surface area contributed by atoms with Crippen molar-refractivity contribution in [2.24, 2.45) is 65.1 Å². The summed E-state index contributed by atoms with van der Waals surface area (Å²) in [6, 6.07) is 1.49. The van der Waals surface area contributed by atoms with Crippen LogP contribution in [0.2, 0.25) is 0 Å². The molecule has 1 amide bonds. The van der Waals surface area contributed by atoms with Crippen molar-refractivity contribution in [2.75, 3.05) is 13.1 Å². The molecule has 9 rings (SSSR count). The van der Waals surface area contributed by atoms with Gasteiger partial charge in [-0.1, -0.05) is 69.5 Å². The first-order chi connectivity index (χ1) is 24.7. The number of hydrogen-bond acceptors (Lipinski definition) is 5. The zero-order valence-corrected chi connectivity index (χ0v) is 33.9. The summed E-state index contributed by atoms with van der Waals surface area (Å²) in [6.07, 6.45) is 17.3. The molecule has 0 radical (unpaired) electrons. The molecule has 3 heterocycles. The quantitative estimate of drug-likeness (QED) is 0.246. The predicted octanol–water partition coefficient (Wildman–Crippen LogP) is 7.98. The molecule has 6 fully saturated rings. The molecule has 6 aliphatic carbocycles. The molecule has 3 saturated heterocycles. The highest BCUT2D eigenvalue weighted by atomic mass is 79.9. The van der Waals surface area contributed by atoms with Gasteiger partial charge in [0.1, 0.15) is 12.5 Å². The van der Waals surface area contributed by atoms with E-state index in [1.165, 1.54) is 51.6 Å². The van der Waals surface area contributed by atoms with Crippen LogP contribution in [0.3, 0.4) is 0 Å². The van der Waals surface area contributed by atoms with Crippen LogP contribution in [0.25, 0.3) is 0 Å². The summed E-state index contributed by atoms with van der Waals surface area (Å²) < 4.78 is 0. The van der Waals surface area contributed by atoms with Crippen LogP contribution in [0, 0.1) is 65.1 Å². The minimum Gasteiger partial charge on any atom is -0.378 e. The highest BCUT2D eigenvalue weighted by Gasteiger charge is 2.67. The molecule has 9 aliphatic rings. The Labute approximate surface area is 317 Å². The second-order valence-corrected chi connectivity index (χ2v) is 20.1. The average Bonchev–Trinajstić information content (AvgIpc) is 3.15. The minimum atomic E-state index is -0.612. The maximum atomic E-state index is 15.1. The standard InChI is InChI=1S/C44H68BrN3O3/c1-6-24(7-2)47-41(26-14-13-23(26)5)31-22-34(46-19-11-10-12-20-46)38-28-16-18-30-36-32(44(51)48(43(30)50)25(8-3)9-4)21-33(45)37(39(28)36)27-15-17-29(42(47)49)35(31)40(27)38/h16,23-27,29-36,38,40-41,43-44,50-51H,6-15,17-22H2,1-5H3/t23-,26?,27?,29?,30?,31?,32?,33?,34?,35+,36?,38?,40?,41?,43?,44?/m1/s1. The van der Waals surface area contributed by atoms with Gasteiger partial charge in [0.2, 0.25) is 5.91 Å². The molecule has 16 atom stereocenters.